The van der Waals surface area contributed by atoms with Gasteiger partial charge in [-0.05, 0) is 25.8 Å². The molecule has 1 aliphatic heterocycles. The molecule has 0 N–H and O–H groups in total. The molecule has 1 fully saturated rings. The number of nitrogens with zero attached hydrogens (tertiary/aromatic N) is 3. The Hall–Kier alpha value is -2.14. The first-order chi connectivity index (χ1) is 12.0. The highest BCUT2D eigenvalue weighted by atomic mass is 16.5. The number of hydrogen-bond acceptors (Lipinski definition) is 4. The van der Waals surface area contributed by atoms with Crippen LogP contribution >= 0.6 is 0 Å². The van der Waals surface area contributed by atoms with Gasteiger partial charge in [0.2, 0.25) is 5.76 Å². The minimum absolute atomic E-state index is 0.0901. The molecule has 1 aromatic heterocycles. The molecule has 2 unspecified atom stereocenters. The molecule has 0 aliphatic carbocycles. The van der Waals surface area contributed by atoms with Crippen LogP contribution in [0.1, 0.15) is 36.4 Å². The van der Waals surface area contributed by atoms with Crippen LogP contribution in [0.15, 0.2) is 34.9 Å². The Labute approximate surface area is 149 Å². The molecule has 0 radical (unpaired) electrons. The summed E-state index contributed by atoms with van der Waals surface area (Å²) in [5.74, 6) is 0.665. The molecule has 0 spiro atoms. The van der Waals surface area contributed by atoms with Crippen LogP contribution in [0.25, 0.3) is 11.3 Å². The quantitative estimate of drug-likeness (QED) is 0.855. The average Bonchev–Trinajstić information content (AvgIpc) is 3.11. The molecule has 2 aromatic rings. The van der Waals surface area contributed by atoms with Crippen molar-refractivity contribution in [2.24, 2.45) is 5.92 Å². The van der Waals surface area contributed by atoms with Crippen molar-refractivity contribution in [3.63, 3.8) is 0 Å². The summed E-state index contributed by atoms with van der Waals surface area (Å²) in [6.45, 7) is 9.58. The molecule has 134 valence electrons. The van der Waals surface area contributed by atoms with E-state index in [1.807, 2.05) is 43.1 Å². The second-order valence-corrected chi connectivity index (χ2v) is 7.09. The lowest BCUT2D eigenvalue weighted by atomic mass is 9.92. The van der Waals surface area contributed by atoms with Crippen LogP contribution in [0.3, 0.4) is 0 Å². The van der Waals surface area contributed by atoms with Crippen LogP contribution < -0.4 is 0 Å². The van der Waals surface area contributed by atoms with Gasteiger partial charge in [0.05, 0.1) is 0 Å². The molecule has 0 saturated carbocycles. The molecule has 5 heteroatoms. The Bertz CT molecular complexity index is 723. The van der Waals surface area contributed by atoms with Gasteiger partial charge in [-0.15, -0.1) is 0 Å². The Balaban J connectivity index is 1.72. The van der Waals surface area contributed by atoms with Gasteiger partial charge in [0.15, 0.2) is 0 Å². The van der Waals surface area contributed by atoms with Crippen LogP contribution in [0.4, 0.5) is 0 Å². The highest BCUT2D eigenvalue weighted by Crippen LogP contribution is 2.24. The van der Waals surface area contributed by atoms with E-state index in [9.17, 15) is 4.79 Å². The number of carbonyl (C=O) groups excluding carboxylic acids is 1. The minimum atomic E-state index is -0.0901. The van der Waals surface area contributed by atoms with E-state index >= 15 is 0 Å². The van der Waals surface area contributed by atoms with Gasteiger partial charge in [0.1, 0.15) is 5.69 Å². The Morgan fingerprint density at radius 1 is 1.36 bits per heavy atom. The SMILES string of the molecule is CCN1CCC(N(C)C(=O)c2cc(-c3ccc(C)cc3)no2)C(C)C1. The van der Waals surface area contributed by atoms with Crippen molar-refractivity contribution in [1.29, 1.82) is 0 Å². The highest BCUT2D eigenvalue weighted by Gasteiger charge is 2.32. The number of likely N-dealkylation sites (tertiary alicyclic amines) is 1. The maximum atomic E-state index is 12.8. The zero-order valence-electron chi connectivity index (χ0n) is 15.5. The van der Waals surface area contributed by atoms with E-state index < -0.39 is 0 Å². The van der Waals surface area contributed by atoms with Crippen LogP contribution in [0, 0.1) is 12.8 Å². The molecule has 5 nitrogen and oxygen atoms in total. The molecule has 1 aromatic carbocycles. The monoisotopic (exact) mass is 341 g/mol. The standard InChI is InChI=1S/C20H27N3O2/c1-5-23-11-10-18(15(3)13-23)22(4)20(24)19-12-17(21-25-19)16-8-6-14(2)7-9-16/h6-9,12,15,18H,5,10-11,13H2,1-4H3. The second kappa shape index (κ2) is 7.40. The number of piperidine rings is 1. The summed E-state index contributed by atoms with van der Waals surface area (Å²) < 4.78 is 5.35. The summed E-state index contributed by atoms with van der Waals surface area (Å²) in [7, 11) is 1.87. The topological polar surface area (TPSA) is 49.6 Å². The summed E-state index contributed by atoms with van der Waals surface area (Å²) in [5.41, 5.74) is 2.85. The van der Waals surface area contributed by atoms with Crippen LogP contribution in [0.5, 0.6) is 0 Å². The molecule has 2 atom stereocenters. The van der Waals surface area contributed by atoms with Crippen molar-refractivity contribution in [2.75, 3.05) is 26.7 Å². The Kier molecular flexibility index (Phi) is 5.23. The van der Waals surface area contributed by atoms with E-state index in [2.05, 4.69) is 23.9 Å². The van der Waals surface area contributed by atoms with Gasteiger partial charge in [-0.25, -0.2) is 0 Å². The first kappa shape index (κ1) is 17.7. The highest BCUT2D eigenvalue weighted by molar-refractivity contribution is 5.92. The summed E-state index contributed by atoms with van der Waals surface area (Å²) in [4.78, 5) is 17.1. The van der Waals surface area contributed by atoms with Gasteiger partial charge >= 0.3 is 0 Å². The predicted molar refractivity (Wildman–Crippen MR) is 98.5 cm³/mol. The zero-order valence-corrected chi connectivity index (χ0v) is 15.5. The molecule has 25 heavy (non-hydrogen) atoms. The number of carbonyl (C=O) groups is 1. The van der Waals surface area contributed by atoms with Gasteiger partial charge in [-0.3, -0.25) is 4.79 Å². The smallest absolute Gasteiger partial charge is 0.292 e. The van der Waals surface area contributed by atoms with Crippen molar-refractivity contribution in [1.82, 2.24) is 15.0 Å². The summed E-state index contributed by atoms with van der Waals surface area (Å²) >= 11 is 0. The van der Waals surface area contributed by atoms with Gasteiger partial charge in [0.25, 0.3) is 5.91 Å². The molecule has 0 bridgehead atoms. The largest absolute Gasteiger partial charge is 0.350 e. The van der Waals surface area contributed by atoms with Crippen LogP contribution in [0.2, 0.25) is 0 Å². The first-order valence-electron chi connectivity index (χ1n) is 9.03. The summed E-state index contributed by atoms with van der Waals surface area (Å²) in [6.07, 6.45) is 0.996. The van der Waals surface area contributed by atoms with E-state index in [0.29, 0.717) is 17.4 Å². The van der Waals surface area contributed by atoms with Gasteiger partial charge in [0, 0.05) is 37.8 Å². The van der Waals surface area contributed by atoms with E-state index in [4.69, 9.17) is 4.52 Å². The fourth-order valence-corrected chi connectivity index (χ4v) is 3.64. The molecule has 1 saturated heterocycles. The normalized spacial score (nSPS) is 21.3. The van der Waals surface area contributed by atoms with Crippen molar-refractivity contribution >= 4 is 5.91 Å². The van der Waals surface area contributed by atoms with Gasteiger partial charge < -0.3 is 14.3 Å². The predicted octanol–water partition coefficient (Wildman–Crippen LogP) is 3.45. The third-order valence-corrected chi connectivity index (χ3v) is 5.28. The first-order valence-corrected chi connectivity index (χ1v) is 9.03. The van der Waals surface area contributed by atoms with Gasteiger partial charge in [-0.2, -0.15) is 0 Å². The average molecular weight is 341 g/mol. The van der Waals surface area contributed by atoms with Crippen LogP contribution in [-0.2, 0) is 0 Å². The number of aromatic nitrogens is 1. The van der Waals surface area contributed by atoms with Crippen molar-refractivity contribution < 1.29 is 9.32 Å². The third kappa shape index (κ3) is 3.76. The maximum Gasteiger partial charge on any atom is 0.292 e. The Morgan fingerprint density at radius 3 is 2.72 bits per heavy atom. The number of aryl methyl sites for hydroxylation is 1. The fourth-order valence-electron chi connectivity index (χ4n) is 3.64. The number of benzene rings is 1. The Morgan fingerprint density at radius 2 is 2.08 bits per heavy atom. The van der Waals surface area contributed by atoms with Crippen molar-refractivity contribution in [2.45, 2.75) is 33.2 Å². The fraction of sp³-hybridized carbons (Fsp3) is 0.500. The number of hydrogen-bond donors (Lipinski definition) is 0. The molecule has 1 aliphatic rings. The molecule has 3 rings (SSSR count). The third-order valence-electron chi connectivity index (χ3n) is 5.28. The molecular weight excluding hydrogens is 314 g/mol. The lowest BCUT2D eigenvalue weighted by molar-refractivity contribution is 0.0485. The van der Waals surface area contributed by atoms with Crippen molar-refractivity contribution in [3.8, 4) is 11.3 Å². The molecule has 2 heterocycles. The maximum absolute atomic E-state index is 12.8. The lowest BCUT2D eigenvalue weighted by Crippen LogP contribution is -2.50. The molecule has 1 amide bonds. The minimum Gasteiger partial charge on any atom is -0.350 e. The number of rotatable bonds is 4. The summed E-state index contributed by atoms with van der Waals surface area (Å²) in [6, 6.07) is 10.0. The lowest BCUT2D eigenvalue weighted by Gasteiger charge is -2.40. The van der Waals surface area contributed by atoms with E-state index in [1.54, 1.807) is 6.07 Å². The van der Waals surface area contributed by atoms with Gasteiger partial charge in [-0.1, -0.05) is 48.8 Å². The van der Waals surface area contributed by atoms with E-state index in [1.165, 1.54) is 5.56 Å². The number of amides is 1. The van der Waals surface area contributed by atoms with Crippen molar-refractivity contribution in [3.05, 3.63) is 41.7 Å². The van der Waals surface area contributed by atoms with E-state index in [0.717, 1.165) is 31.6 Å². The summed E-state index contributed by atoms with van der Waals surface area (Å²) in [5, 5.41) is 4.08. The van der Waals surface area contributed by atoms with E-state index in [-0.39, 0.29) is 11.9 Å². The van der Waals surface area contributed by atoms with Crippen LogP contribution in [-0.4, -0.2) is 53.6 Å². The molecular formula is C20H27N3O2. The zero-order chi connectivity index (χ0) is 18.0. The second-order valence-electron chi connectivity index (χ2n) is 7.09.